The van der Waals surface area contributed by atoms with Gasteiger partial charge < -0.3 is 9.11 Å². The Morgan fingerprint density at radius 1 is 0.929 bits per heavy atom. The Labute approximate surface area is 103 Å². The van der Waals surface area contributed by atoms with Gasteiger partial charge in [-0.25, -0.2) is 0 Å². The van der Waals surface area contributed by atoms with Crippen LogP contribution in [0.25, 0.3) is 0 Å². The average molecular weight is 272 g/mol. The van der Waals surface area contributed by atoms with Gasteiger partial charge in [-0.05, 0) is 36.9 Å². The lowest BCUT2D eigenvalue weighted by molar-refractivity contribution is 0.658. The van der Waals surface area contributed by atoms with Gasteiger partial charge in [0.15, 0.2) is 0 Å². The molecule has 0 aliphatic carbocycles. The summed E-state index contributed by atoms with van der Waals surface area (Å²) < 4.78 is 17.3. The molecule has 0 aromatic rings. The predicted molar refractivity (Wildman–Crippen MR) is 71.9 cm³/mol. The van der Waals surface area contributed by atoms with Crippen LogP contribution in [0.15, 0.2) is 0 Å². The molecule has 1 aliphatic heterocycles. The second kappa shape index (κ2) is 8.47. The third kappa shape index (κ3) is 5.42. The first-order valence-electron chi connectivity index (χ1n) is 4.62. The van der Waals surface area contributed by atoms with Crippen LogP contribution in [-0.2, 0) is 0 Å². The lowest BCUT2D eigenvalue weighted by Crippen LogP contribution is -2.22. The molecule has 0 saturated carbocycles. The van der Waals surface area contributed by atoms with Crippen LogP contribution in [0.4, 0.5) is 0 Å². The van der Waals surface area contributed by atoms with Gasteiger partial charge in [-0.15, -0.1) is 0 Å². The molecule has 2 nitrogen and oxygen atoms in total. The van der Waals surface area contributed by atoms with E-state index in [4.69, 9.17) is 9.11 Å². The van der Waals surface area contributed by atoms with Crippen LogP contribution < -0.4 is 0 Å². The first kappa shape index (κ1) is 13.4. The zero-order chi connectivity index (χ0) is 10.2. The number of hydrogen-bond donors (Lipinski definition) is 2. The minimum absolute atomic E-state index is 0.720. The summed E-state index contributed by atoms with van der Waals surface area (Å²) in [5, 5.41) is 1.44. The van der Waals surface area contributed by atoms with E-state index in [0.29, 0.717) is 0 Å². The first-order valence-corrected chi connectivity index (χ1v) is 8.61. The fourth-order valence-electron chi connectivity index (χ4n) is 1.28. The van der Waals surface area contributed by atoms with Gasteiger partial charge >= 0.3 is 0 Å². The van der Waals surface area contributed by atoms with Crippen LogP contribution in [0.3, 0.4) is 0 Å². The monoisotopic (exact) mass is 272 g/mol. The maximum Gasteiger partial charge on any atom is 0.0206 e. The van der Waals surface area contributed by atoms with Crippen molar-refractivity contribution in [1.82, 2.24) is 0 Å². The number of rotatable bonds is 6. The smallest absolute Gasteiger partial charge is 0.0206 e. The highest BCUT2D eigenvalue weighted by atomic mass is 32.2. The zero-order valence-electron chi connectivity index (χ0n) is 7.92. The minimum Gasteiger partial charge on any atom is -0.330 e. The Hall–Kier alpha value is 1.32. The summed E-state index contributed by atoms with van der Waals surface area (Å²) >= 11 is 5.95. The lowest BCUT2D eigenvalue weighted by Gasteiger charge is -2.27. The molecule has 2 N–H and O–H groups in total. The third-order valence-electron chi connectivity index (χ3n) is 2.10. The minimum atomic E-state index is 0.720. The maximum atomic E-state index is 8.64. The highest BCUT2D eigenvalue weighted by Gasteiger charge is 2.21. The van der Waals surface area contributed by atoms with Gasteiger partial charge in [-0.3, -0.25) is 0 Å². The standard InChI is InChI=1S/C8H16O2S4/c9-13-3-1-7-5-12-8(6-11-7)2-4-14-10/h7-10H,1-6H2. The summed E-state index contributed by atoms with van der Waals surface area (Å²) in [6.07, 6.45) is 2.22. The van der Waals surface area contributed by atoms with Gasteiger partial charge in [0, 0.05) is 33.5 Å². The van der Waals surface area contributed by atoms with E-state index in [1.54, 1.807) is 0 Å². The molecule has 0 aromatic carbocycles. The lowest BCUT2D eigenvalue weighted by atomic mass is 10.3. The molecule has 1 heterocycles. The molecule has 0 amide bonds. The quantitative estimate of drug-likeness (QED) is 0.722. The van der Waals surface area contributed by atoms with Gasteiger partial charge in [0.25, 0.3) is 0 Å². The highest BCUT2D eigenvalue weighted by Crippen LogP contribution is 2.33. The van der Waals surface area contributed by atoms with Crippen molar-refractivity contribution < 1.29 is 9.11 Å². The molecule has 1 rings (SSSR count). The fourth-order valence-corrected chi connectivity index (χ4v) is 5.48. The molecule has 14 heavy (non-hydrogen) atoms. The molecule has 0 bridgehead atoms. The van der Waals surface area contributed by atoms with Crippen LogP contribution in [0.1, 0.15) is 12.8 Å². The Morgan fingerprint density at radius 3 is 1.64 bits per heavy atom. The number of thioether (sulfide) groups is 2. The molecule has 2 atom stereocenters. The maximum absolute atomic E-state index is 8.64. The molecule has 84 valence electrons. The van der Waals surface area contributed by atoms with Gasteiger partial charge in [0.1, 0.15) is 0 Å². The van der Waals surface area contributed by atoms with Crippen LogP contribution in [0.5, 0.6) is 0 Å². The Bertz CT molecular complexity index is 123. The van der Waals surface area contributed by atoms with Gasteiger partial charge in [0.2, 0.25) is 0 Å². The van der Waals surface area contributed by atoms with Crippen LogP contribution in [0, 0.1) is 0 Å². The Morgan fingerprint density at radius 2 is 1.36 bits per heavy atom. The van der Waals surface area contributed by atoms with E-state index in [0.717, 1.165) is 58.9 Å². The summed E-state index contributed by atoms with van der Waals surface area (Å²) in [6, 6.07) is 0. The van der Waals surface area contributed by atoms with Crippen molar-refractivity contribution in [2.24, 2.45) is 0 Å². The molecule has 6 heteroatoms. The van der Waals surface area contributed by atoms with Crippen molar-refractivity contribution in [2.75, 3.05) is 23.0 Å². The summed E-state index contributed by atoms with van der Waals surface area (Å²) in [6.45, 7) is 0. The van der Waals surface area contributed by atoms with Crippen molar-refractivity contribution in [3.8, 4) is 0 Å². The summed E-state index contributed by atoms with van der Waals surface area (Å²) in [7, 11) is 0. The highest BCUT2D eigenvalue weighted by molar-refractivity contribution is 8.07. The normalized spacial score (nSPS) is 27.9. The Balaban J connectivity index is 2.05. The van der Waals surface area contributed by atoms with E-state index >= 15 is 0 Å². The SMILES string of the molecule is OSCCC1CSC(CCSO)CS1. The molecular weight excluding hydrogens is 256 g/mol. The molecule has 1 saturated heterocycles. The molecular formula is C8H16O2S4. The molecule has 0 spiro atoms. The molecule has 2 unspecified atom stereocenters. The fraction of sp³-hybridized carbons (Fsp3) is 1.00. The van der Waals surface area contributed by atoms with Crippen LogP contribution in [-0.4, -0.2) is 42.6 Å². The molecule has 0 radical (unpaired) electrons. The van der Waals surface area contributed by atoms with E-state index in [-0.39, 0.29) is 0 Å². The van der Waals surface area contributed by atoms with E-state index in [2.05, 4.69) is 0 Å². The summed E-state index contributed by atoms with van der Waals surface area (Å²) in [5.41, 5.74) is 0. The van der Waals surface area contributed by atoms with Crippen molar-refractivity contribution >= 4 is 47.6 Å². The summed E-state index contributed by atoms with van der Waals surface area (Å²) in [4.78, 5) is 0. The molecule has 1 fully saturated rings. The van der Waals surface area contributed by atoms with Crippen molar-refractivity contribution in [2.45, 2.75) is 23.3 Å². The van der Waals surface area contributed by atoms with Gasteiger partial charge in [-0.2, -0.15) is 23.5 Å². The van der Waals surface area contributed by atoms with E-state index in [9.17, 15) is 0 Å². The van der Waals surface area contributed by atoms with E-state index in [1.807, 2.05) is 23.5 Å². The van der Waals surface area contributed by atoms with E-state index in [1.165, 1.54) is 11.5 Å². The molecule has 0 aromatic heterocycles. The van der Waals surface area contributed by atoms with Gasteiger partial charge in [-0.1, -0.05) is 0 Å². The predicted octanol–water partition coefficient (Wildman–Crippen LogP) is 3.40. The third-order valence-corrected chi connectivity index (χ3v) is 6.29. The largest absolute Gasteiger partial charge is 0.330 e. The van der Waals surface area contributed by atoms with Crippen molar-refractivity contribution in [3.63, 3.8) is 0 Å². The van der Waals surface area contributed by atoms with Crippen molar-refractivity contribution in [3.05, 3.63) is 0 Å². The molecule has 1 aliphatic rings. The first-order chi connectivity index (χ1) is 6.86. The zero-order valence-corrected chi connectivity index (χ0v) is 11.2. The number of hydrogen-bond acceptors (Lipinski definition) is 6. The second-order valence-electron chi connectivity index (χ2n) is 3.15. The average Bonchev–Trinajstić information content (AvgIpc) is 2.25. The van der Waals surface area contributed by atoms with Crippen LogP contribution in [0.2, 0.25) is 0 Å². The van der Waals surface area contributed by atoms with Crippen LogP contribution >= 0.6 is 47.6 Å². The van der Waals surface area contributed by atoms with Crippen molar-refractivity contribution in [1.29, 1.82) is 0 Å². The topological polar surface area (TPSA) is 40.5 Å². The van der Waals surface area contributed by atoms with E-state index < -0.39 is 0 Å². The Kier molecular flexibility index (Phi) is 8.10. The summed E-state index contributed by atoms with van der Waals surface area (Å²) in [5.74, 6) is 4.11. The second-order valence-corrected chi connectivity index (χ2v) is 7.15. The van der Waals surface area contributed by atoms with Gasteiger partial charge in [0.05, 0.1) is 0 Å².